The van der Waals surface area contributed by atoms with Gasteiger partial charge in [-0.2, -0.15) is 0 Å². The minimum atomic E-state index is -0.0775. The normalized spacial score (nSPS) is 12.4. The van der Waals surface area contributed by atoms with E-state index in [0.717, 1.165) is 19.3 Å². The first kappa shape index (κ1) is 24.5. The average molecular weight is 387 g/mol. The number of carbonyl (C=O) groups excluding carboxylic acids is 1. The van der Waals surface area contributed by atoms with Crippen LogP contribution in [0.15, 0.2) is 42.5 Å². The van der Waals surface area contributed by atoms with Gasteiger partial charge in [0.25, 0.3) is 0 Å². The Labute approximate surface area is 173 Å². The van der Waals surface area contributed by atoms with Crippen molar-refractivity contribution in [2.24, 2.45) is 5.92 Å². The predicted molar refractivity (Wildman–Crippen MR) is 121 cm³/mol. The molecule has 1 unspecified atom stereocenters. The van der Waals surface area contributed by atoms with E-state index in [1.807, 2.05) is 30.3 Å². The summed E-state index contributed by atoms with van der Waals surface area (Å²) in [6.07, 6.45) is 22.1. The molecule has 0 bridgehead atoms. The second-order valence-electron chi connectivity index (χ2n) is 7.86. The summed E-state index contributed by atoms with van der Waals surface area (Å²) in [5, 5.41) is 0. The van der Waals surface area contributed by atoms with Crippen LogP contribution in [-0.2, 0) is 4.79 Å². The van der Waals surface area contributed by atoms with Crippen molar-refractivity contribution in [2.75, 3.05) is 0 Å². The van der Waals surface area contributed by atoms with Gasteiger partial charge in [-0.15, -0.1) is 0 Å². The fraction of sp³-hybridized carbons (Fsp3) is 0.654. The number of carbonyl (C=O) groups is 1. The summed E-state index contributed by atoms with van der Waals surface area (Å²) in [6, 6.07) is 9.39. The maximum atomic E-state index is 12.3. The van der Waals surface area contributed by atoms with Crippen LogP contribution in [0.4, 0.5) is 0 Å². The van der Waals surface area contributed by atoms with Crippen molar-refractivity contribution in [1.82, 2.24) is 0 Å². The Morgan fingerprint density at radius 3 is 2.00 bits per heavy atom. The molecule has 0 radical (unpaired) electrons. The number of unbranched alkanes of at least 4 members (excludes halogenated alkanes) is 10. The first-order chi connectivity index (χ1) is 13.8. The molecular weight excluding hydrogens is 344 g/mol. The van der Waals surface area contributed by atoms with Crippen LogP contribution < -0.4 is 4.74 Å². The predicted octanol–water partition coefficient (Wildman–Crippen LogP) is 8.27. The van der Waals surface area contributed by atoms with Crippen LogP contribution in [0.1, 0.15) is 104 Å². The minimum absolute atomic E-state index is 0.0254. The number of esters is 1. The van der Waals surface area contributed by atoms with Gasteiger partial charge in [-0.05, 0) is 50.7 Å². The highest BCUT2D eigenvalue weighted by Gasteiger charge is 2.18. The number of benzene rings is 1. The third kappa shape index (κ3) is 12.8. The summed E-state index contributed by atoms with van der Waals surface area (Å²) in [5.41, 5.74) is 0. The second-order valence-corrected chi connectivity index (χ2v) is 7.86. The zero-order valence-electron chi connectivity index (χ0n) is 18.3. The fourth-order valence-electron chi connectivity index (χ4n) is 3.46. The van der Waals surface area contributed by atoms with E-state index >= 15 is 0 Å². The minimum Gasteiger partial charge on any atom is -0.426 e. The second kappa shape index (κ2) is 17.5. The summed E-state index contributed by atoms with van der Waals surface area (Å²) in [5.74, 6) is 0.599. The Balaban J connectivity index is 1.99. The van der Waals surface area contributed by atoms with Crippen molar-refractivity contribution >= 4 is 5.97 Å². The van der Waals surface area contributed by atoms with Crippen molar-refractivity contribution in [1.29, 1.82) is 0 Å². The molecule has 0 aliphatic heterocycles. The Kier molecular flexibility index (Phi) is 15.3. The first-order valence-electron chi connectivity index (χ1n) is 11.7. The number of allylic oxidation sites excluding steroid dienone is 2. The lowest BCUT2D eigenvalue weighted by Gasteiger charge is -2.13. The van der Waals surface area contributed by atoms with Crippen molar-refractivity contribution in [3.63, 3.8) is 0 Å². The molecule has 0 heterocycles. The molecule has 0 amide bonds. The molecule has 1 atom stereocenters. The summed E-state index contributed by atoms with van der Waals surface area (Å²) in [6.45, 7) is 4.34. The van der Waals surface area contributed by atoms with Gasteiger partial charge in [0.1, 0.15) is 5.75 Å². The van der Waals surface area contributed by atoms with Gasteiger partial charge in [0, 0.05) is 0 Å². The van der Waals surface area contributed by atoms with Gasteiger partial charge < -0.3 is 4.74 Å². The number of hydrogen-bond acceptors (Lipinski definition) is 2. The van der Waals surface area contributed by atoms with E-state index in [4.69, 9.17) is 4.74 Å². The van der Waals surface area contributed by atoms with Crippen LogP contribution in [0, 0.1) is 5.92 Å². The van der Waals surface area contributed by atoms with Crippen molar-refractivity contribution in [3.8, 4) is 5.75 Å². The molecule has 0 aliphatic rings. The molecule has 0 spiro atoms. The Bertz CT molecular complexity index is 506. The fourth-order valence-corrected chi connectivity index (χ4v) is 3.46. The standard InChI is InChI=1S/C26H42O2/c1-3-5-6-7-8-9-10-11-12-13-14-15-16-18-21-24(4-2)26(27)28-25-22-19-17-20-23-25/h11-12,17,19-20,22-24H,3-10,13-16,18,21H2,1-2H3/b12-11-. The summed E-state index contributed by atoms with van der Waals surface area (Å²) in [4.78, 5) is 12.3. The van der Waals surface area contributed by atoms with Gasteiger partial charge in [-0.25, -0.2) is 0 Å². The highest BCUT2D eigenvalue weighted by atomic mass is 16.5. The van der Waals surface area contributed by atoms with E-state index < -0.39 is 0 Å². The molecule has 28 heavy (non-hydrogen) atoms. The SMILES string of the molecule is CCCCCCCC/C=C\CCCCCCC(CC)C(=O)Oc1ccccc1. The van der Waals surface area contributed by atoms with E-state index in [1.165, 1.54) is 70.6 Å². The lowest BCUT2D eigenvalue weighted by Crippen LogP contribution is -2.20. The zero-order chi connectivity index (χ0) is 20.3. The maximum Gasteiger partial charge on any atom is 0.314 e. The maximum absolute atomic E-state index is 12.3. The summed E-state index contributed by atoms with van der Waals surface area (Å²) < 4.78 is 5.49. The number of hydrogen-bond donors (Lipinski definition) is 0. The van der Waals surface area contributed by atoms with E-state index in [2.05, 4.69) is 26.0 Å². The molecule has 2 nitrogen and oxygen atoms in total. The van der Waals surface area contributed by atoms with Gasteiger partial charge in [-0.1, -0.05) is 95.6 Å². The molecule has 158 valence electrons. The molecule has 0 saturated carbocycles. The third-order valence-corrected chi connectivity index (χ3v) is 5.35. The topological polar surface area (TPSA) is 26.3 Å². The molecule has 1 rings (SSSR count). The molecule has 0 aliphatic carbocycles. The first-order valence-corrected chi connectivity index (χ1v) is 11.7. The number of para-hydroxylation sites is 1. The van der Waals surface area contributed by atoms with Crippen molar-refractivity contribution in [2.45, 2.75) is 104 Å². The molecule has 1 aromatic rings. The highest BCUT2D eigenvalue weighted by molar-refractivity contribution is 5.75. The van der Waals surface area contributed by atoms with Crippen LogP contribution in [-0.4, -0.2) is 5.97 Å². The van der Waals surface area contributed by atoms with Gasteiger partial charge in [0.15, 0.2) is 0 Å². The Morgan fingerprint density at radius 1 is 0.821 bits per heavy atom. The molecule has 0 saturated heterocycles. The van der Waals surface area contributed by atoms with E-state index in [0.29, 0.717) is 5.75 Å². The molecule has 1 aromatic carbocycles. The lowest BCUT2D eigenvalue weighted by atomic mass is 9.98. The third-order valence-electron chi connectivity index (χ3n) is 5.35. The van der Waals surface area contributed by atoms with Gasteiger partial charge in [0.2, 0.25) is 0 Å². The Morgan fingerprint density at radius 2 is 1.39 bits per heavy atom. The van der Waals surface area contributed by atoms with Crippen molar-refractivity contribution in [3.05, 3.63) is 42.5 Å². The van der Waals surface area contributed by atoms with Crippen LogP contribution in [0.2, 0.25) is 0 Å². The van der Waals surface area contributed by atoms with Gasteiger partial charge >= 0.3 is 5.97 Å². The van der Waals surface area contributed by atoms with Gasteiger partial charge in [0.05, 0.1) is 5.92 Å². The van der Waals surface area contributed by atoms with Gasteiger partial charge in [-0.3, -0.25) is 4.79 Å². The average Bonchev–Trinajstić information content (AvgIpc) is 2.71. The summed E-state index contributed by atoms with van der Waals surface area (Å²) in [7, 11) is 0. The molecule has 0 N–H and O–H groups in total. The van der Waals surface area contributed by atoms with Crippen LogP contribution in [0.5, 0.6) is 5.75 Å². The molecule has 0 fully saturated rings. The summed E-state index contributed by atoms with van der Waals surface area (Å²) >= 11 is 0. The smallest absolute Gasteiger partial charge is 0.314 e. The van der Waals surface area contributed by atoms with Crippen LogP contribution in [0.25, 0.3) is 0 Å². The van der Waals surface area contributed by atoms with E-state index in [9.17, 15) is 4.79 Å². The molecule has 0 aromatic heterocycles. The largest absolute Gasteiger partial charge is 0.426 e. The zero-order valence-corrected chi connectivity index (χ0v) is 18.3. The van der Waals surface area contributed by atoms with Crippen molar-refractivity contribution < 1.29 is 9.53 Å². The highest BCUT2D eigenvalue weighted by Crippen LogP contribution is 2.19. The van der Waals surface area contributed by atoms with Crippen LogP contribution in [0.3, 0.4) is 0 Å². The van der Waals surface area contributed by atoms with E-state index in [-0.39, 0.29) is 11.9 Å². The molecule has 2 heteroatoms. The number of rotatable bonds is 17. The number of ether oxygens (including phenoxy) is 1. The quantitative estimate of drug-likeness (QED) is 0.116. The Hall–Kier alpha value is -1.57. The van der Waals surface area contributed by atoms with Crippen LogP contribution >= 0.6 is 0 Å². The monoisotopic (exact) mass is 386 g/mol. The molecular formula is C26H42O2. The lowest BCUT2D eigenvalue weighted by molar-refractivity contribution is -0.139. The van der Waals surface area contributed by atoms with E-state index in [1.54, 1.807) is 0 Å².